The van der Waals surface area contributed by atoms with E-state index < -0.39 is 18.1 Å². The Kier molecular flexibility index (Phi) is 3.34. The Hall–Kier alpha value is -1.24. The van der Waals surface area contributed by atoms with Crippen LogP contribution in [0.4, 0.5) is 0 Å². The van der Waals surface area contributed by atoms with Gasteiger partial charge in [-0.1, -0.05) is 0 Å². The molecule has 1 aromatic rings. The van der Waals surface area contributed by atoms with Gasteiger partial charge < -0.3 is 15.9 Å². The number of aldehydes is 1. The van der Waals surface area contributed by atoms with E-state index in [4.69, 9.17) is 10.8 Å². The summed E-state index contributed by atoms with van der Waals surface area (Å²) in [5, 5.41) is 21.6. The van der Waals surface area contributed by atoms with Gasteiger partial charge in [-0.3, -0.25) is 9.59 Å². The van der Waals surface area contributed by atoms with Gasteiger partial charge in [0.15, 0.2) is 12.4 Å². The molecule has 1 heterocycles. The standard InChI is InChI=1S/C8H9NO4S/c9-8(13)7(12)6(11)5-3-14-2-4(5)1-10/h1-3,6-7,11-12H,(H2,9,13). The average molecular weight is 215 g/mol. The molecule has 0 radical (unpaired) electrons. The smallest absolute Gasteiger partial charge is 0.249 e. The topological polar surface area (TPSA) is 101 Å². The summed E-state index contributed by atoms with van der Waals surface area (Å²) in [6.45, 7) is 0. The zero-order chi connectivity index (χ0) is 10.7. The summed E-state index contributed by atoms with van der Waals surface area (Å²) in [6.07, 6.45) is -2.59. The molecule has 0 aliphatic rings. The number of carbonyl (C=O) groups is 2. The molecule has 5 nitrogen and oxygen atoms in total. The van der Waals surface area contributed by atoms with Crippen molar-refractivity contribution in [3.8, 4) is 0 Å². The van der Waals surface area contributed by atoms with Crippen LogP contribution in [0.1, 0.15) is 22.0 Å². The molecule has 14 heavy (non-hydrogen) atoms. The average Bonchev–Trinajstić information content (AvgIpc) is 2.62. The lowest BCUT2D eigenvalue weighted by Gasteiger charge is -2.13. The Labute approximate surface area is 83.8 Å². The number of aliphatic hydroxyl groups excluding tert-OH is 2. The SMILES string of the molecule is NC(=O)C(O)C(O)c1cscc1C=O. The number of amides is 1. The number of thiophene rings is 1. The molecule has 2 atom stereocenters. The fourth-order valence-corrected chi connectivity index (χ4v) is 1.81. The van der Waals surface area contributed by atoms with Gasteiger partial charge in [-0.2, -0.15) is 11.3 Å². The van der Waals surface area contributed by atoms with Gasteiger partial charge in [0.05, 0.1) is 0 Å². The Balaban J connectivity index is 2.93. The number of hydrogen-bond acceptors (Lipinski definition) is 5. The highest BCUT2D eigenvalue weighted by atomic mass is 32.1. The summed E-state index contributed by atoms with van der Waals surface area (Å²) in [6, 6.07) is 0. The first kappa shape index (κ1) is 10.8. The van der Waals surface area contributed by atoms with Gasteiger partial charge in [-0.05, 0) is 5.38 Å². The molecule has 2 unspecified atom stereocenters. The summed E-state index contributed by atoms with van der Waals surface area (Å²) in [5.41, 5.74) is 5.27. The van der Waals surface area contributed by atoms with Gasteiger partial charge in [0.1, 0.15) is 6.10 Å². The van der Waals surface area contributed by atoms with Crippen LogP contribution in [0.25, 0.3) is 0 Å². The summed E-state index contributed by atoms with van der Waals surface area (Å²) in [5.74, 6) is -1.03. The molecule has 0 aliphatic carbocycles. The lowest BCUT2D eigenvalue weighted by atomic mass is 10.0. The van der Waals surface area contributed by atoms with Crippen molar-refractivity contribution in [2.45, 2.75) is 12.2 Å². The lowest BCUT2D eigenvalue weighted by molar-refractivity contribution is -0.131. The molecule has 1 rings (SSSR count). The molecular formula is C8H9NO4S. The van der Waals surface area contributed by atoms with Crippen LogP contribution in [0.3, 0.4) is 0 Å². The maximum Gasteiger partial charge on any atom is 0.249 e. The number of hydrogen-bond donors (Lipinski definition) is 3. The predicted octanol–water partition coefficient (Wildman–Crippen LogP) is -0.560. The van der Waals surface area contributed by atoms with Crippen LogP contribution in [0.2, 0.25) is 0 Å². The maximum atomic E-state index is 10.6. The van der Waals surface area contributed by atoms with Crippen LogP contribution < -0.4 is 5.73 Å². The molecular weight excluding hydrogens is 206 g/mol. The van der Waals surface area contributed by atoms with Gasteiger partial charge in [-0.25, -0.2) is 0 Å². The molecule has 1 amide bonds. The van der Waals surface area contributed by atoms with E-state index in [9.17, 15) is 14.7 Å². The van der Waals surface area contributed by atoms with Crippen LogP contribution in [-0.4, -0.2) is 28.5 Å². The number of primary amides is 1. The van der Waals surface area contributed by atoms with Crippen LogP contribution >= 0.6 is 11.3 Å². The van der Waals surface area contributed by atoms with Gasteiger partial charge in [0.2, 0.25) is 5.91 Å². The Morgan fingerprint density at radius 1 is 1.50 bits per heavy atom. The zero-order valence-corrected chi connectivity index (χ0v) is 7.90. The molecule has 0 saturated carbocycles. The predicted molar refractivity (Wildman–Crippen MR) is 49.9 cm³/mol. The van der Waals surface area contributed by atoms with Crippen molar-refractivity contribution in [1.82, 2.24) is 0 Å². The van der Waals surface area contributed by atoms with Crippen molar-refractivity contribution in [3.05, 3.63) is 21.9 Å². The van der Waals surface area contributed by atoms with E-state index in [2.05, 4.69) is 0 Å². The van der Waals surface area contributed by atoms with Gasteiger partial charge >= 0.3 is 0 Å². The number of carbonyl (C=O) groups excluding carboxylic acids is 2. The Morgan fingerprint density at radius 3 is 2.64 bits per heavy atom. The van der Waals surface area contributed by atoms with Gasteiger partial charge in [0.25, 0.3) is 0 Å². The molecule has 1 aromatic heterocycles. The van der Waals surface area contributed by atoms with E-state index in [0.717, 1.165) is 0 Å². The minimum absolute atomic E-state index is 0.219. The summed E-state index contributed by atoms with van der Waals surface area (Å²) in [7, 11) is 0. The first-order valence-electron chi connectivity index (χ1n) is 3.74. The van der Waals surface area contributed by atoms with Crippen molar-refractivity contribution in [1.29, 1.82) is 0 Å². The number of nitrogens with two attached hydrogens (primary N) is 1. The Bertz CT molecular complexity index is 349. The van der Waals surface area contributed by atoms with E-state index >= 15 is 0 Å². The molecule has 0 saturated heterocycles. The first-order valence-corrected chi connectivity index (χ1v) is 4.69. The van der Waals surface area contributed by atoms with E-state index in [-0.39, 0.29) is 11.1 Å². The quantitative estimate of drug-likeness (QED) is 0.586. The molecule has 0 fully saturated rings. The monoisotopic (exact) mass is 215 g/mol. The minimum Gasteiger partial charge on any atom is -0.385 e. The maximum absolute atomic E-state index is 10.6. The second-order valence-electron chi connectivity index (χ2n) is 2.69. The number of rotatable bonds is 4. The minimum atomic E-state index is -1.69. The molecule has 0 spiro atoms. The molecule has 0 aliphatic heterocycles. The molecule has 4 N–H and O–H groups in total. The van der Waals surface area contributed by atoms with Crippen LogP contribution in [-0.2, 0) is 4.79 Å². The molecule has 76 valence electrons. The third-order valence-corrected chi connectivity index (χ3v) is 2.54. The van der Waals surface area contributed by atoms with Crippen LogP contribution in [0, 0.1) is 0 Å². The summed E-state index contributed by atoms with van der Waals surface area (Å²) >= 11 is 1.19. The van der Waals surface area contributed by atoms with Crippen molar-refractivity contribution in [2.24, 2.45) is 5.73 Å². The third-order valence-electron chi connectivity index (χ3n) is 1.76. The van der Waals surface area contributed by atoms with Crippen LogP contribution in [0.15, 0.2) is 10.8 Å². The fraction of sp³-hybridized carbons (Fsp3) is 0.250. The van der Waals surface area contributed by atoms with Crippen molar-refractivity contribution >= 4 is 23.5 Å². The third kappa shape index (κ3) is 1.98. The summed E-state index contributed by atoms with van der Waals surface area (Å²) < 4.78 is 0. The molecule has 0 aromatic carbocycles. The van der Waals surface area contributed by atoms with Crippen molar-refractivity contribution < 1.29 is 19.8 Å². The second kappa shape index (κ2) is 4.32. The number of aliphatic hydroxyl groups is 2. The molecule has 6 heteroatoms. The highest BCUT2D eigenvalue weighted by Gasteiger charge is 2.25. The summed E-state index contributed by atoms with van der Waals surface area (Å²) in [4.78, 5) is 21.0. The highest BCUT2D eigenvalue weighted by molar-refractivity contribution is 7.08. The van der Waals surface area contributed by atoms with Crippen LogP contribution in [0.5, 0.6) is 0 Å². The van der Waals surface area contributed by atoms with Gasteiger partial charge in [-0.15, -0.1) is 0 Å². The van der Waals surface area contributed by atoms with E-state index in [1.54, 1.807) is 0 Å². The van der Waals surface area contributed by atoms with Gasteiger partial charge in [0, 0.05) is 16.5 Å². The first-order chi connectivity index (χ1) is 6.57. The normalized spacial score (nSPS) is 14.7. The largest absolute Gasteiger partial charge is 0.385 e. The molecule has 0 bridgehead atoms. The fourth-order valence-electron chi connectivity index (χ4n) is 0.979. The highest BCUT2D eigenvalue weighted by Crippen LogP contribution is 2.23. The van der Waals surface area contributed by atoms with Crippen molar-refractivity contribution in [2.75, 3.05) is 0 Å². The Morgan fingerprint density at radius 2 is 2.14 bits per heavy atom. The van der Waals surface area contributed by atoms with E-state index in [1.807, 2.05) is 0 Å². The zero-order valence-electron chi connectivity index (χ0n) is 7.08. The van der Waals surface area contributed by atoms with Crippen molar-refractivity contribution in [3.63, 3.8) is 0 Å². The second-order valence-corrected chi connectivity index (χ2v) is 3.44. The van der Waals surface area contributed by atoms with E-state index in [1.165, 1.54) is 22.1 Å². The lowest BCUT2D eigenvalue weighted by Crippen LogP contribution is -2.34. The van der Waals surface area contributed by atoms with E-state index in [0.29, 0.717) is 6.29 Å².